The van der Waals surface area contributed by atoms with E-state index in [-0.39, 0.29) is 5.09 Å². The van der Waals surface area contributed by atoms with Gasteiger partial charge in [-0.2, -0.15) is 5.26 Å². The minimum Gasteiger partial charge on any atom is -0.447 e. The largest absolute Gasteiger partial charge is 0.447 e. The number of nitrogens with zero attached hydrogens (tertiary/aromatic N) is 3. The van der Waals surface area contributed by atoms with E-state index in [2.05, 4.69) is 11.1 Å². The van der Waals surface area contributed by atoms with Gasteiger partial charge in [0.05, 0.1) is 11.3 Å². The molecule has 8 heteroatoms. The Morgan fingerprint density at radius 3 is 2.80 bits per heavy atom. The van der Waals surface area contributed by atoms with Crippen molar-refractivity contribution in [3.8, 4) is 6.07 Å². The van der Waals surface area contributed by atoms with Crippen LogP contribution in [0.25, 0.3) is 0 Å². The molecule has 2 aromatic heterocycles. The predicted octanol–water partition coefficient (Wildman–Crippen LogP) is 2.97. The highest BCUT2D eigenvalue weighted by Gasteiger charge is 2.22. The van der Waals surface area contributed by atoms with Crippen LogP contribution in [-0.2, 0) is 28.6 Å². The molecule has 0 amide bonds. The highest BCUT2D eigenvalue weighted by atomic mass is 32.2. The summed E-state index contributed by atoms with van der Waals surface area (Å²) in [4.78, 5) is 4.66. The maximum atomic E-state index is 12.1. The number of fused-ring (bicyclic) bond motifs is 1. The number of furan rings is 1. The molecule has 0 saturated heterocycles. The molecule has 0 spiro atoms. The Kier molecular flexibility index (Phi) is 5.18. The van der Waals surface area contributed by atoms with E-state index < -0.39 is 10.0 Å². The Morgan fingerprint density at radius 1 is 1.32 bits per heavy atom. The van der Waals surface area contributed by atoms with Crippen molar-refractivity contribution in [3.05, 3.63) is 40.8 Å². The van der Waals surface area contributed by atoms with E-state index in [1.165, 1.54) is 37.5 Å². The van der Waals surface area contributed by atoms with Crippen LogP contribution in [0.5, 0.6) is 0 Å². The van der Waals surface area contributed by atoms with Gasteiger partial charge in [0.15, 0.2) is 0 Å². The van der Waals surface area contributed by atoms with E-state index >= 15 is 0 Å². The molecule has 25 heavy (non-hydrogen) atoms. The van der Waals surface area contributed by atoms with Crippen LogP contribution in [0.4, 0.5) is 0 Å². The summed E-state index contributed by atoms with van der Waals surface area (Å²) < 4.78 is 30.7. The van der Waals surface area contributed by atoms with Crippen LogP contribution in [0, 0.1) is 11.3 Å². The maximum absolute atomic E-state index is 12.1. The third-order valence-electron chi connectivity index (χ3n) is 4.11. The van der Waals surface area contributed by atoms with Crippen molar-refractivity contribution in [2.75, 3.05) is 14.1 Å². The molecule has 0 aromatic carbocycles. The molecule has 0 fully saturated rings. The molecule has 132 valence electrons. The molecular formula is C17H19N3O3S2. The second kappa shape index (κ2) is 7.20. The Labute approximate surface area is 151 Å². The van der Waals surface area contributed by atoms with E-state index in [0.717, 1.165) is 35.7 Å². The molecular weight excluding hydrogens is 358 g/mol. The van der Waals surface area contributed by atoms with Crippen LogP contribution in [0.1, 0.15) is 35.4 Å². The number of pyridine rings is 1. The van der Waals surface area contributed by atoms with Crippen molar-refractivity contribution in [2.45, 2.75) is 41.6 Å². The van der Waals surface area contributed by atoms with Crippen molar-refractivity contribution in [3.63, 3.8) is 0 Å². The molecule has 2 aromatic rings. The van der Waals surface area contributed by atoms with Crippen LogP contribution < -0.4 is 0 Å². The van der Waals surface area contributed by atoms with E-state index in [1.54, 1.807) is 6.07 Å². The lowest BCUT2D eigenvalue weighted by Crippen LogP contribution is -2.21. The Hall–Kier alpha value is -1.82. The first-order chi connectivity index (χ1) is 11.9. The first-order valence-corrected chi connectivity index (χ1v) is 10.4. The number of hydrogen-bond acceptors (Lipinski definition) is 6. The number of sulfonamides is 1. The van der Waals surface area contributed by atoms with Gasteiger partial charge >= 0.3 is 0 Å². The van der Waals surface area contributed by atoms with Crippen LogP contribution in [0.3, 0.4) is 0 Å². The van der Waals surface area contributed by atoms with Gasteiger partial charge in [0.2, 0.25) is 5.09 Å². The van der Waals surface area contributed by atoms with Crippen molar-refractivity contribution >= 4 is 21.8 Å². The summed E-state index contributed by atoms with van der Waals surface area (Å²) in [5, 5.41) is 9.98. The molecule has 0 atom stereocenters. The molecule has 0 aliphatic heterocycles. The lowest BCUT2D eigenvalue weighted by Gasteiger charge is -2.16. The third kappa shape index (κ3) is 3.73. The molecule has 0 bridgehead atoms. The van der Waals surface area contributed by atoms with Gasteiger partial charge in [-0.05, 0) is 49.4 Å². The van der Waals surface area contributed by atoms with E-state index in [0.29, 0.717) is 22.1 Å². The summed E-state index contributed by atoms with van der Waals surface area (Å²) in [5.41, 5.74) is 2.81. The highest BCUT2D eigenvalue weighted by molar-refractivity contribution is 7.98. The van der Waals surface area contributed by atoms with Crippen LogP contribution in [0.15, 0.2) is 32.7 Å². The fourth-order valence-electron chi connectivity index (χ4n) is 2.70. The standard InChI is InChI=1S/C17H19N3O3S2/c1-20(2)25(21,22)16-8-7-14(23-16)11-24-17-13(10-18)9-12-5-3-4-6-15(12)19-17/h7-9H,3-6,11H2,1-2H3. The van der Waals surface area contributed by atoms with Crippen LogP contribution >= 0.6 is 11.8 Å². The Balaban J connectivity index is 1.78. The smallest absolute Gasteiger partial charge is 0.275 e. The zero-order chi connectivity index (χ0) is 18.0. The number of aryl methyl sites for hydroxylation is 2. The summed E-state index contributed by atoms with van der Waals surface area (Å²) in [6, 6.07) is 7.25. The van der Waals surface area contributed by atoms with Gasteiger partial charge < -0.3 is 4.42 Å². The van der Waals surface area contributed by atoms with E-state index in [9.17, 15) is 13.7 Å². The summed E-state index contributed by atoms with van der Waals surface area (Å²) in [6.45, 7) is 0. The van der Waals surface area contributed by atoms with Gasteiger partial charge in [-0.1, -0.05) is 11.8 Å². The topological polar surface area (TPSA) is 87.2 Å². The van der Waals surface area contributed by atoms with E-state index in [1.807, 2.05) is 6.07 Å². The summed E-state index contributed by atoms with van der Waals surface area (Å²) >= 11 is 1.39. The highest BCUT2D eigenvalue weighted by Crippen LogP contribution is 2.30. The minimum atomic E-state index is -3.57. The predicted molar refractivity (Wildman–Crippen MR) is 94.7 cm³/mol. The number of rotatable bonds is 5. The molecule has 0 N–H and O–H groups in total. The van der Waals surface area contributed by atoms with Gasteiger partial charge in [0.25, 0.3) is 10.0 Å². The second-order valence-corrected chi connectivity index (χ2v) is 9.11. The van der Waals surface area contributed by atoms with Gasteiger partial charge in [-0.3, -0.25) is 0 Å². The summed E-state index contributed by atoms with van der Waals surface area (Å²) in [6.07, 6.45) is 4.19. The van der Waals surface area contributed by atoms with Crippen molar-refractivity contribution in [1.29, 1.82) is 5.26 Å². The SMILES string of the molecule is CN(C)S(=O)(=O)c1ccc(CSc2nc3c(cc2C#N)CCCC3)o1. The normalized spacial score (nSPS) is 14.3. The van der Waals surface area contributed by atoms with Crippen LogP contribution in [-0.4, -0.2) is 31.8 Å². The fraction of sp³-hybridized carbons (Fsp3) is 0.412. The Morgan fingerprint density at radius 2 is 2.08 bits per heavy atom. The monoisotopic (exact) mass is 377 g/mol. The zero-order valence-corrected chi connectivity index (χ0v) is 15.8. The number of nitriles is 1. The average Bonchev–Trinajstić information content (AvgIpc) is 3.08. The second-order valence-electron chi connectivity index (χ2n) is 6.06. The fourth-order valence-corrected chi connectivity index (χ4v) is 4.38. The minimum absolute atomic E-state index is 0.0768. The number of hydrogen-bond donors (Lipinski definition) is 0. The van der Waals surface area contributed by atoms with Crippen molar-refractivity contribution in [2.24, 2.45) is 0 Å². The molecule has 6 nitrogen and oxygen atoms in total. The van der Waals surface area contributed by atoms with Crippen molar-refractivity contribution in [1.82, 2.24) is 9.29 Å². The van der Waals surface area contributed by atoms with Gasteiger partial charge in [0, 0.05) is 19.8 Å². The first-order valence-electron chi connectivity index (χ1n) is 7.99. The summed E-state index contributed by atoms with van der Waals surface area (Å²) in [5.74, 6) is 0.956. The zero-order valence-electron chi connectivity index (χ0n) is 14.2. The third-order valence-corrected chi connectivity index (χ3v) is 6.81. The molecule has 2 heterocycles. The quantitative estimate of drug-likeness (QED) is 0.745. The molecule has 3 rings (SSSR count). The first kappa shape index (κ1) is 18.0. The van der Waals surface area contributed by atoms with Gasteiger partial charge in [0.1, 0.15) is 16.9 Å². The number of aromatic nitrogens is 1. The van der Waals surface area contributed by atoms with E-state index in [4.69, 9.17) is 4.42 Å². The number of thioether (sulfide) groups is 1. The average molecular weight is 377 g/mol. The maximum Gasteiger partial charge on any atom is 0.275 e. The molecule has 0 unspecified atom stereocenters. The lowest BCUT2D eigenvalue weighted by molar-refractivity contribution is 0.408. The van der Waals surface area contributed by atoms with Gasteiger partial charge in [-0.15, -0.1) is 0 Å². The van der Waals surface area contributed by atoms with Crippen LogP contribution in [0.2, 0.25) is 0 Å². The lowest BCUT2D eigenvalue weighted by atomic mass is 9.95. The molecule has 0 radical (unpaired) electrons. The molecule has 0 saturated carbocycles. The van der Waals surface area contributed by atoms with Crippen molar-refractivity contribution < 1.29 is 12.8 Å². The summed E-state index contributed by atoms with van der Waals surface area (Å²) in [7, 11) is -0.653. The van der Waals surface area contributed by atoms with Gasteiger partial charge in [-0.25, -0.2) is 17.7 Å². The molecule has 1 aliphatic rings. The Bertz CT molecular complexity index is 927. The molecule has 1 aliphatic carbocycles.